The summed E-state index contributed by atoms with van der Waals surface area (Å²) in [6.07, 6.45) is 0.771. The van der Waals surface area contributed by atoms with Crippen molar-refractivity contribution in [3.63, 3.8) is 0 Å². The first-order chi connectivity index (χ1) is 12.4. The number of nitrogens with one attached hydrogen (secondary N) is 2. The van der Waals surface area contributed by atoms with Crippen LogP contribution >= 0.6 is 0 Å². The summed E-state index contributed by atoms with van der Waals surface area (Å²) < 4.78 is 0. The minimum absolute atomic E-state index is 0.0713. The van der Waals surface area contributed by atoms with Gasteiger partial charge in [-0.15, -0.1) is 0 Å². The summed E-state index contributed by atoms with van der Waals surface area (Å²) in [5.74, 6) is -0.338. The standard InChI is InChI=1S/C21H27N3O2/c1-15(2)20(25)23-17-10-11-19(24(3)4)18(14-17)21(26)22-13-12-16-8-6-5-7-9-16/h5-11,14-15H,12-13H2,1-4H3,(H,22,26)(H,23,25). The van der Waals surface area contributed by atoms with Crippen LogP contribution in [0.2, 0.25) is 0 Å². The van der Waals surface area contributed by atoms with Crippen molar-refractivity contribution in [2.45, 2.75) is 20.3 Å². The van der Waals surface area contributed by atoms with E-state index in [1.807, 2.05) is 75.3 Å². The first-order valence-corrected chi connectivity index (χ1v) is 8.83. The highest BCUT2D eigenvalue weighted by Crippen LogP contribution is 2.23. The van der Waals surface area contributed by atoms with Crippen LogP contribution in [0.3, 0.4) is 0 Å². The quantitative estimate of drug-likeness (QED) is 0.803. The van der Waals surface area contributed by atoms with Crippen LogP contribution in [0.15, 0.2) is 48.5 Å². The van der Waals surface area contributed by atoms with Gasteiger partial charge in [0.15, 0.2) is 0 Å². The third-order valence-electron chi connectivity index (χ3n) is 4.06. The van der Waals surface area contributed by atoms with Crippen molar-refractivity contribution in [3.05, 3.63) is 59.7 Å². The number of hydrogen-bond acceptors (Lipinski definition) is 3. The lowest BCUT2D eigenvalue weighted by Crippen LogP contribution is -2.28. The number of carbonyl (C=O) groups is 2. The molecule has 2 aromatic rings. The third kappa shape index (κ3) is 5.34. The van der Waals surface area contributed by atoms with Crippen LogP contribution in [0, 0.1) is 5.92 Å². The van der Waals surface area contributed by atoms with Crippen LogP contribution in [0.1, 0.15) is 29.8 Å². The summed E-state index contributed by atoms with van der Waals surface area (Å²) in [6, 6.07) is 15.4. The van der Waals surface area contributed by atoms with Gasteiger partial charge in [-0.3, -0.25) is 9.59 Å². The zero-order valence-corrected chi connectivity index (χ0v) is 15.9. The van der Waals surface area contributed by atoms with E-state index >= 15 is 0 Å². The van der Waals surface area contributed by atoms with E-state index in [9.17, 15) is 9.59 Å². The molecule has 5 heteroatoms. The molecule has 0 radical (unpaired) electrons. The van der Waals surface area contributed by atoms with Crippen molar-refractivity contribution in [2.75, 3.05) is 30.9 Å². The molecule has 0 atom stereocenters. The van der Waals surface area contributed by atoms with E-state index in [4.69, 9.17) is 0 Å². The van der Waals surface area contributed by atoms with Gasteiger partial charge in [0.1, 0.15) is 0 Å². The molecule has 2 N–H and O–H groups in total. The minimum atomic E-state index is -0.148. The normalized spacial score (nSPS) is 10.5. The summed E-state index contributed by atoms with van der Waals surface area (Å²) in [4.78, 5) is 26.5. The third-order valence-corrected chi connectivity index (χ3v) is 4.06. The monoisotopic (exact) mass is 353 g/mol. The van der Waals surface area contributed by atoms with Crippen LogP contribution in [-0.2, 0) is 11.2 Å². The molecule has 0 saturated carbocycles. The van der Waals surface area contributed by atoms with Gasteiger partial charge in [0.25, 0.3) is 5.91 Å². The molecule has 0 spiro atoms. The Morgan fingerprint density at radius 1 is 1.04 bits per heavy atom. The SMILES string of the molecule is CC(C)C(=O)Nc1ccc(N(C)C)c(C(=O)NCCc2ccccc2)c1. The van der Waals surface area contributed by atoms with Gasteiger partial charge in [-0.1, -0.05) is 44.2 Å². The van der Waals surface area contributed by atoms with E-state index in [-0.39, 0.29) is 17.7 Å². The van der Waals surface area contributed by atoms with E-state index in [0.29, 0.717) is 17.8 Å². The minimum Gasteiger partial charge on any atom is -0.377 e. The molecule has 2 aromatic carbocycles. The fourth-order valence-corrected chi connectivity index (χ4v) is 2.53. The summed E-state index contributed by atoms with van der Waals surface area (Å²) in [5, 5.41) is 5.81. The molecule has 2 amide bonds. The zero-order valence-electron chi connectivity index (χ0n) is 15.9. The molecule has 0 aliphatic carbocycles. The molecule has 0 aromatic heterocycles. The van der Waals surface area contributed by atoms with Crippen molar-refractivity contribution < 1.29 is 9.59 Å². The summed E-state index contributed by atoms with van der Waals surface area (Å²) >= 11 is 0. The first-order valence-electron chi connectivity index (χ1n) is 8.83. The Balaban J connectivity index is 2.10. The lowest BCUT2D eigenvalue weighted by Gasteiger charge is -2.19. The molecular formula is C21H27N3O2. The predicted octanol–water partition coefficient (Wildman–Crippen LogP) is 3.32. The van der Waals surface area contributed by atoms with Gasteiger partial charge in [-0.05, 0) is 30.2 Å². The average Bonchev–Trinajstić information content (AvgIpc) is 2.62. The maximum atomic E-state index is 12.7. The molecule has 0 bridgehead atoms. The summed E-state index contributed by atoms with van der Waals surface area (Å²) in [5.41, 5.74) is 3.16. The van der Waals surface area contributed by atoms with Crippen molar-refractivity contribution in [3.8, 4) is 0 Å². The summed E-state index contributed by atoms with van der Waals surface area (Å²) in [6.45, 7) is 4.22. The molecule has 0 unspecified atom stereocenters. The highest BCUT2D eigenvalue weighted by molar-refractivity contribution is 6.02. The van der Waals surface area contributed by atoms with Crippen LogP contribution in [0.25, 0.3) is 0 Å². The van der Waals surface area contributed by atoms with Crippen molar-refractivity contribution in [1.29, 1.82) is 0 Å². The number of nitrogens with zero attached hydrogens (tertiary/aromatic N) is 1. The highest BCUT2D eigenvalue weighted by atomic mass is 16.2. The number of rotatable bonds is 7. The average molecular weight is 353 g/mol. The van der Waals surface area contributed by atoms with Gasteiger partial charge in [-0.25, -0.2) is 0 Å². The smallest absolute Gasteiger partial charge is 0.253 e. The van der Waals surface area contributed by atoms with Gasteiger partial charge in [-0.2, -0.15) is 0 Å². The largest absolute Gasteiger partial charge is 0.377 e. The molecule has 0 aliphatic heterocycles. The Kier molecular flexibility index (Phi) is 6.78. The molecule has 2 rings (SSSR count). The van der Waals surface area contributed by atoms with Gasteiger partial charge >= 0.3 is 0 Å². The number of amides is 2. The van der Waals surface area contributed by atoms with Gasteiger partial charge < -0.3 is 15.5 Å². The fraction of sp³-hybridized carbons (Fsp3) is 0.333. The van der Waals surface area contributed by atoms with Crippen molar-refractivity contribution >= 4 is 23.2 Å². The molecule has 0 heterocycles. The van der Waals surface area contributed by atoms with E-state index in [1.165, 1.54) is 5.56 Å². The van der Waals surface area contributed by atoms with E-state index in [0.717, 1.165) is 12.1 Å². The maximum absolute atomic E-state index is 12.7. The van der Waals surface area contributed by atoms with E-state index in [1.54, 1.807) is 6.07 Å². The molecule has 0 saturated heterocycles. The van der Waals surface area contributed by atoms with Gasteiger partial charge in [0.05, 0.1) is 5.56 Å². The molecule has 0 fully saturated rings. The van der Waals surface area contributed by atoms with Crippen LogP contribution in [-0.4, -0.2) is 32.5 Å². The maximum Gasteiger partial charge on any atom is 0.253 e. The second kappa shape index (κ2) is 9.04. The van der Waals surface area contributed by atoms with Crippen LogP contribution < -0.4 is 15.5 Å². The fourth-order valence-electron chi connectivity index (χ4n) is 2.53. The number of anilines is 2. The summed E-state index contributed by atoms with van der Waals surface area (Å²) in [7, 11) is 3.78. The Labute approximate surface area is 155 Å². The zero-order chi connectivity index (χ0) is 19.1. The number of hydrogen-bond donors (Lipinski definition) is 2. The first kappa shape index (κ1) is 19.5. The lowest BCUT2D eigenvalue weighted by molar-refractivity contribution is -0.118. The molecule has 26 heavy (non-hydrogen) atoms. The van der Waals surface area contributed by atoms with Crippen LogP contribution in [0.5, 0.6) is 0 Å². The van der Waals surface area contributed by atoms with Gasteiger partial charge in [0, 0.05) is 37.9 Å². The molecular weight excluding hydrogens is 326 g/mol. The number of carbonyl (C=O) groups excluding carboxylic acids is 2. The van der Waals surface area contributed by atoms with E-state index < -0.39 is 0 Å². The molecule has 138 valence electrons. The Morgan fingerprint density at radius 2 is 1.73 bits per heavy atom. The Hall–Kier alpha value is -2.82. The van der Waals surface area contributed by atoms with Gasteiger partial charge in [0.2, 0.25) is 5.91 Å². The topological polar surface area (TPSA) is 61.4 Å². The second-order valence-electron chi connectivity index (χ2n) is 6.76. The second-order valence-corrected chi connectivity index (χ2v) is 6.76. The molecule has 5 nitrogen and oxygen atoms in total. The molecule has 0 aliphatic rings. The predicted molar refractivity (Wildman–Crippen MR) is 107 cm³/mol. The Morgan fingerprint density at radius 3 is 2.35 bits per heavy atom. The van der Waals surface area contributed by atoms with Crippen molar-refractivity contribution in [1.82, 2.24) is 5.32 Å². The van der Waals surface area contributed by atoms with Crippen molar-refractivity contribution in [2.24, 2.45) is 5.92 Å². The van der Waals surface area contributed by atoms with Crippen LogP contribution in [0.4, 0.5) is 11.4 Å². The number of benzene rings is 2. The Bertz CT molecular complexity index is 755. The van der Waals surface area contributed by atoms with E-state index in [2.05, 4.69) is 10.6 Å². The lowest BCUT2D eigenvalue weighted by atomic mass is 10.1. The highest BCUT2D eigenvalue weighted by Gasteiger charge is 2.15.